The molecule has 3 rings (SSSR count). The van der Waals surface area contributed by atoms with Gasteiger partial charge in [0, 0.05) is 6.20 Å². The number of hydrogen-bond acceptors (Lipinski definition) is 4. The van der Waals surface area contributed by atoms with E-state index < -0.39 is 5.97 Å². The Labute approximate surface area is 119 Å². The molecule has 6 heteroatoms. The first kappa shape index (κ1) is 12.6. The molecule has 0 radical (unpaired) electrons. The fourth-order valence-electron chi connectivity index (χ4n) is 2.07. The molecule has 0 atom stereocenters. The number of pyridine rings is 1. The van der Waals surface area contributed by atoms with Gasteiger partial charge >= 0.3 is 5.97 Å². The van der Waals surface area contributed by atoms with E-state index in [9.17, 15) is 9.90 Å². The van der Waals surface area contributed by atoms with Gasteiger partial charge in [0.05, 0.1) is 10.6 Å². The van der Waals surface area contributed by atoms with Crippen molar-refractivity contribution in [2.75, 3.05) is 0 Å². The molecule has 0 fully saturated rings. The van der Waals surface area contributed by atoms with E-state index in [0.717, 1.165) is 4.88 Å². The number of rotatable bonds is 3. The van der Waals surface area contributed by atoms with Gasteiger partial charge in [-0.05, 0) is 30.5 Å². The lowest BCUT2D eigenvalue weighted by atomic mass is 10.1. The predicted molar refractivity (Wildman–Crippen MR) is 76.4 cm³/mol. The summed E-state index contributed by atoms with van der Waals surface area (Å²) in [5.41, 5.74) is 1.27. The van der Waals surface area contributed by atoms with Crippen molar-refractivity contribution in [3.8, 4) is 16.4 Å². The van der Waals surface area contributed by atoms with Crippen molar-refractivity contribution in [3.63, 3.8) is 0 Å². The van der Waals surface area contributed by atoms with E-state index in [0.29, 0.717) is 17.2 Å². The highest BCUT2D eigenvalue weighted by atomic mass is 32.1. The van der Waals surface area contributed by atoms with Gasteiger partial charge in [-0.2, -0.15) is 5.10 Å². The van der Waals surface area contributed by atoms with Crippen LogP contribution in [0.25, 0.3) is 16.4 Å². The molecule has 3 aromatic heterocycles. The zero-order valence-electron chi connectivity index (χ0n) is 10.6. The van der Waals surface area contributed by atoms with Gasteiger partial charge < -0.3 is 5.11 Å². The quantitative estimate of drug-likeness (QED) is 0.803. The van der Waals surface area contributed by atoms with Crippen molar-refractivity contribution in [3.05, 3.63) is 53.2 Å². The Morgan fingerprint density at radius 2 is 2.15 bits per heavy atom. The smallest absolute Gasteiger partial charge is 0.339 e. The topological polar surface area (TPSA) is 68.0 Å². The molecule has 20 heavy (non-hydrogen) atoms. The average molecular weight is 285 g/mol. The van der Waals surface area contributed by atoms with Crippen LogP contribution in [0.4, 0.5) is 0 Å². The molecule has 3 aromatic rings. The number of aromatic nitrogens is 3. The van der Waals surface area contributed by atoms with Crippen LogP contribution < -0.4 is 0 Å². The summed E-state index contributed by atoms with van der Waals surface area (Å²) in [6.45, 7) is 1.69. The molecule has 0 saturated carbocycles. The molecule has 100 valence electrons. The second-order valence-corrected chi connectivity index (χ2v) is 5.14. The number of hydrogen-bond donors (Lipinski definition) is 1. The molecular weight excluding hydrogens is 274 g/mol. The molecule has 0 bridgehead atoms. The molecule has 0 aliphatic rings. The molecule has 0 saturated heterocycles. The largest absolute Gasteiger partial charge is 0.478 e. The number of carboxylic acids is 1. The van der Waals surface area contributed by atoms with Crippen LogP contribution in [0.2, 0.25) is 0 Å². The zero-order chi connectivity index (χ0) is 14.1. The lowest BCUT2D eigenvalue weighted by Gasteiger charge is -2.05. The Hall–Kier alpha value is -2.47. The van der Waals surface area contributed by atoms with E-state index in [-0.39, 0.29) is 5.56 Å². The van der Waals surface area contributed by atoms with E-state index in [1.165, 1.54) is 11.3 Å². The van der Waals surface area contributed by atoms with Crippen molar-refractivity contribution in [2.45, 2.75) is 6.92 Å². The number of thiophene rings is 1. The third-order valence-corrected chi connectivity index (χ3v) is 3.77. The molecule has 0 aromatic carbocycles. The molecule has 0 unspecified atom stereocenters. The molecule has 1 N–H and O–H groups in total. The Bertz CT molecular complexity index is 748. The van der Waals surface area contributed by atoms with E-state index in [1.54, 1.807) is 23.9 Å². The maximum Gasteiger partial charge on any atom is 0.339 e. The van der Waals surface area contributed by atoms with Crippen LogP contribution in [0.3, 0.4) is 0 Å². The van der Waals surface area contributed by atoms with Crippen molar-refractivity contribution in [2.24, 2.45) is 0 Å². The van der Waals surface area contributed by atoms with E-state index in [1.807, 2.05) is 29.6 Å². The van der Waals surface area contributed by atoms with Gasteiger partial charge in [0.2, 0.25) is 0 Å². The highest BCUT2D eigenvalue weighted by molar-refractivity contribution is 7.13. The highest BCUT2D eigenvalue weighted by Crippen LogP contribution is 2.31. The number of nitrogens with zero attached hydrogens (tertiary/aromatic N) is 3. The average Bonchev–Trinajstić information content (AvgIpc) is 3.06. The molecule has 0 amide bonds. The van der Waals surface area contributed by atoms with Gasteiger partial charge in [0.25, 0.3) is 0 Å². The summed E-state index contributed by atoms with van der Waals surface area (Å²) < 4.78 is 1.59. The highest BCUT2D eigenvalue weighted by Gasteiger charge is 2.24. The third-order valence-electron chi connectivity index (χ3n) is 2.90. The fourth-order valence-corrected chi connectivity index (χ4v) is 2.83. The summed E-state index contributed by atoms with van der Waals surface area (Å²) in [4.78, 5) is 16.6. The number of aromatic carboxylic acids is 1. The Morgan fingerprint density at radius 3 is 2.75 bits per heavy atom. The molecule has 5 nitrogen and oxygen atoms in total. The van der Waals surface area contributed by atoms with E-state index in [2.05, 4.69) is 10.1 Å². The first-order valence-electron chi connectivity index (χ1n) is 5.96. The molecule has 0 spiro atoms. The Kier molecular flexibility index (Phi) is 3.08. The minimum absolute atomic E-state index is 0.220. The summed E-state index contributed by atoms with van der Waals surface area (Å²) in [6, 6.07) is 9.22. The minimum atomic E-state index is -0.979. The standard InChI is InChI=1S/C14H11N3O2S/c1-9-12(14(18)19)13(10-5-4-8-20-10)17(16-9)11-6-2-3-7-15-11/h2-8H,1H3,(H,18,19). The molecular formula is C14H11N3O2S. The van der Waals surface area contributed by atoms with Crippen molar-refractivity contribution in [1.29, 1.82) is 0 Å². The second kappa shape index (κ2) is 4.90. The second-order valence-electron chi connectivity index (χ2n) is 4.19. The van der Waals surface area contributed by atoms with Gasteiger partial charge in [-0.3, -0.25) is 0 Å². The summed E-state index contributed by atoms with van der Waals surface area (Å²) in [7, 11) is 0. The zero-order valence-corrected chi connectivity index (χ0v) is 11.5. The van der Waals surface area contributed by atoms with E-state index >= 15 is 0 Å². The molecule has 0 aliphatic heterocycles. The van der Waals surface area contributed by atoms with Crippen LogP contribution in [0.1, 0.15) is 16.1 Å². The third kappa shape index (κ3) is 2.00. The van der Waals surface area contributed by atoms with Crippen LogP contribution in [-0.2, 0) is 0 Å². The summed E-state index contributed by atoms with van der Waals surface area (Å²) in [6.07, 6.45) is 1.66. The lowest BCUT2D eigenvalue weighted by molar-refractivity contribution is 0.0697. The van der Waals surface area contributed by atoms with Crippen molar-refractivity contribution >= 4 is 17.3 Å². The van der Waals surface area contributed by atoms with Crippen LogP contribution in [0.15, 0.2) is 41.9 Å². The number of aryl methyl sites for hydroxylation is 1. The lowest BCUT2D eigenvalue weighted by Crippen LogP contribution is -2.03. The fraction of sp³-hybridized carbons (Fsp3) is 0.0714. The SMILES string of the molecule is Cc1nn(-c2ccccn2)c(-c2cccs2)c1C(=O)O. The van der Waals surface area contributed by atoms with Crippen molar-refractivity contribution < 1.29 is 9.90 Å². The van der Waals surface area contributed by atoms with Crippen LogP contribution in [0, 0.1) is 6.92 Å². The first-order chi connectivity index (χ1) is 9.68. The van der Waals surface area contributed by atoms with Gasteiger partial charge in [0.15, 0.2) is 5.82 Å². The van der Waals surface area contributed by atoms with Gasteiger partial charge in [0.1, 0.15) is 11.3 Å². The number of carboxylic acid groups (broad SMARTS) is 1. The maximum absolute atomic E-state index is 11.5. The van der Waals surface area contributed by atoms with Crippen LogP contribution in [0.5, 0.6) is 0 Å². The van der Waals surface area contributed by atoms with E-state index in [4.69, 9.17) is 0 Å². The summed E-state index contributed by atoms with van der Waals surface area (Å²) in [5.74, 6) is -0.375. The first-order valence-corrected chi connectivity index (χ1v) is 6.84. The molecule has 3 heterocycles. The summed E-state index contributed by atoms with van der Waals surface area (Å²) >= 11 is 1.48. The summed E-state index contributed by atoms with van der Waals surface area (Å²) in [5, 5.41) is 15.7. The predicted octanol–water partition coefficient (Wildman–Crippen LogP) is 3.00. The normalized spacial score (nSPS) is 10.7. The van der Waals surface area contributed by atoms with Crippen LogP contribution in [-0.4, -0.2) is 25.8 Å². The Morgan fingerprint density at radius 1 is 1.30 bits per heavy atom. The number of carbonyl (C=O) groups is 1. The Balaban J connectivity index is 2.31. The van der Waals surface area contributed by atoms with Gasteiger partial charge in [-0.15, -0.1) is 11.3 Å². The van der Waals surface area contributed by atoms with Crippen LogP contribution >= 0.6 is 11.3 Å². The van der Waals surface area contributed by atoms with Gasteiger partial charge in [-0.25, -0.2) is 14.5 Å². The minimum Gasteiger partial charge on any atom is -0.478 e. The maximum atomic E-state index is 11.5. The monoisotopic (exact) mass is 285 g/mol. The molecule has 0 aliphatic carbocycles. The van der Waals surface area contributed by atoms with Crippen molar-refractivity contribution in [1.82, 2.24) is 14.8 Å². The van der Waals surface area contributed by atoms with Gasteiger partial charge in [-0.1, -0.05) is 12.1 Å².